The molecule has 0 unspecified atom stereocenters. The zero-order valence-corrected chi connectivity index (χ0v) is 25.3. The SMILES string of the molecule is c1ccc2c(c1)c1ccccc1c1cccc3c1n(c1ccccc21)c1nc2c(-n4c5ccccc5c5ccccc54)cccc2n31. The maximum absolute atomic E-state index is 5.59. The second-order valence-corrected chi connectivity index (χ2v) is 12.4. The number of hydrogen-bond donors (Lipinski definition) is 0. The minimum atomic E-state index is 0.903. The van der Waals surface area contributed by atoms with Crippen molar-refractivity contribution >= 4 is 87.5 Å². The molecule has 4 aromatic heterocycles. The summed E-state index contributed by atoms with van der Waals surface area (Å²) in [5.41, 5.74) is 8.91. The zero-order chi connectivity index (χ0) is 30.6. The third kappa shape index (κ3) is 3.19. The van der Waals surface area contributed by atoms with Crippen LogP contribution in [0.2, 0.25) is 0 Å². The van der Waals surface area contributed by atoms with Crippen LogP contribution >= 0.6 is 0 Å². The minimum Gasteiger partial charge on any atom is -0.307 e. The van der Waals surface area contributed by atoms with Crippen LogP contribution in [0.3, 0.4) is 0 Å². The molecule has 0 aliphatic heterocycles. The van der Waals surface area contributed by atoms with Gasteiger partial charge in [-0.2, -0.15) is 0 Å². The highest BCUT2D eigenvalue weighted by Crippen LogP contribution is 2.39. The molecule has 47 heavy (non-hydrogen) atoms. The maximum Gasteiger partial charge on any atom is 0.220 e. The van der Waals surface area contributed by atoms with E-state index in [2.05, 4.69) is 171 Å². The lowest BCUT2D eigenvalue weighted by Gasteiger charge is -2.09. The Morgan fingerprint density at radius 2 is 0.745 bits per heavy atom. The van der Waals surface area contributed by atoms with Crippen LogP contribution in [0.15, 0.2) is 158 Å². The van der Waals surface area contributed by atoms with Crippen LogP contribution in [0.4, 0.5) is 0 Å². The molecule has 0 atom stereocenters. The van der Waals surface area contributed by atoms with Gasteiger partial charge in [-0.15, -0.1) is 0 Å². The van der Waals surface area contributed by atoms with Gasteiger partial charge in [-0.1, -0.05) is 121 Å². The summed E-state index contributed by atoms with van der Waals surface area (Å²) in [6.07, 6.45) is 0. The second-order valence-electron chi connectivity index (χ2n) is 12.4. The normalized spacial score (nSPS) is 12.3. The lowest BCUT2D eigenvalue weighted by molar-refractivity contribution is 1.18. The second kappa shape index (κ2) is 9.09. The highest BCUT2D eigenvalue weighted by atomic mass is 15.2. The largest absolute Gasteiger partial charge is 0.307 e. The monoisotopic (exact) mass is 598 g/mol. The first-order valence-electron chi connectivity index (χ1n) is 16.1. The maximum atomic E-state index is 5.59. The Morgan fingerprint density at radius 1 is 0.319 bits per heavy atom. The zero-order valence-electron chi connectivity index (χ0n) is 25.3. The Hall–Kier alpha value is -6.39. The van der Waals surface area contributed by atoms with Gasteiger partial charge >= 0.3 is 0 Å². The Balaban J connectivity index is 1.42. The molecule has 0 aliphatic rings. The Bertz CT molecular complexity index is 3080. The summed E-state index contributed by atoms with van der Waals surface area (Å²) in [4.78, 5) is 5.59. The van der Waals surface area contributed by atoms with E-state index in [1.165, 1.54) is 54.1 Å². The number of rotatable bonds is 1. The van der Waals surface area contributed by atoms with E-state index < -0.39 is 0 Å². The van der Waals surface area contributed by atoms with Gasteiger partial charge in [-0.25, -0.2) is 4.98 Å². The lowest BCUT2D eigenvalue weighted by atomic mass is 10.0. The fourth-order valence-corrected chi connectivity index (χ4v) is 8.12. The van der Waals surface area contributed by atoms with Crippen molar-refractivity contribution in [1.82, 2.24) is 18.4 Å². The third-order valence-electron chi connectivity index (χ3n) is 10.0. The molecule has 4 nitrogen and oxygen atoms in total. The fourth-order valence-electron chi connectivity index (χ4n) is 8.12. The summed E-state index contributed by atoms with van der Waals surface area (Å²) >= 11 is 0. The summed E-state index contributed by atoms with van der Waals surface area (Å²) in [6, 6.07) is 57.0. The lowest BCUT2D eigenvalue weighted by Crippen LogP contribution is -1.95. The Kier molecular flexibility index (Phi) is 4.81. The van der Waals surface area contributed by atoms with Crippen molar-refractivity contribution in [3.8, 4) is 5.69 Å². The molecule has 0 saturated carbocycles. The Morgan fingerprint density at radius 3 is 1.38 bits per heavy atom. The molecule has 11 aromatic rings. The molecule has 0 amide bonds. The summed E-state index contributed by atoms with van der Waals surface area (Å²) in [6.45, 7) is 0. The molecule has 11 rings (SSSR count). The van der Waals surface area contributed by atoms with Crippen LogP contribution in [-0.4, -0.2) is 18.4 Å². The average molecular weight is 599 g/mol. The van der Waals surface area contributed by atoms with Gasteiger partial charge in [0.15, 0.2) is 0 Å². The number of hydrogen-bond acceptors (Lipinski definition) is 1. The average Bonchev–Trinajstić information content (AvgIpc) is 3.79. The molecular formula is C43H26N4. The molecule has 4 heteroatoms. The first-order chi connectivity index (χ1) is 23.4. The van der Waals surface area contributed by atoms with E-state index >= 15 is 0 Å². The standard InChI is InChI=1S/C43H26N4/c1-3-15-29-27(13-1)28-14-2-4-16-30(28)34-20-11-26-40-42(34)47(37-23-10-5-17-31(29)37)43-44-41-38(24-12-25-39(41)46(40)43)45-35-21-8-6-18-32(35)33-19-7-9-22-36(33)45/h1-26H. The summed E-state index contributed by atoms with van der Waals surface area (Å²) in [5, 5.41) is 9.76. The topological polar surface area (TPSA) is 26.6 Å². The van der Waals surface area contributed by atoms with E-state index in [1.807, 2.05) is 0 Å². The van der Waals surface area contributed by atoms with Crippen LogP contribution < -0.4 is 0 Å². The Labute approximate surface area is 268 Å². The summed E-state index contributed by atoms with van der Waals surface area (Å²) in [7, 11) is 0. The van der Waals surface area contributed by atoms with E-state index in [9.17, 15) is 0 Å². The van der Waals surface area contributed by atoms with Crippen LogP contribution in [0.5, 0.6) is 0 Å². The molecule has 0 aliphatic carbocycles. The summed E-state index contributed by atoms with van der Waals surface area (Å²) < 4.78 is 7.14. The third-order valence-corrected chi connectivity index (χ3v) is 10.0. The van der Waals surface area contributed by atoms with Gasteiger partial charge in [0, 0.05) is 21.5 Å². The van der Waals surface area contributed by atoms with E-state index in [0.717, 1.165) is 39.0 Å². The molecule has 0 bridgehead atoms. The van der Waals surface area contributed by atoms with E-state index in [1.54, 1.807) is 0 Å². The van der Waals surface area contributed by atoms with E-state index in [4.69, 9.17) is 4.98 Å². The van der Waals surface area contributed by atoms with Crippen molar-refractivity contribution in [2.45, 2.75) is 0 Å². The number of benzene rings is 7. The van der Waals surface area contributed by atoms with Gasteiger partial charge in [-0.3, -0.25) is 8.80 Å². The molecule has 218 valence electrons. The van der Waals surface area contributed by atoms with E-state index in [-0.39, 0.29) is 0 Å². The van der Waals surface area contributed by atoms with Gasteiger partial charge in [0.2, 0.25) is 5.78 Å². The molecule has 7 aromatic carbocycles. The number of imidazole rings is 2. The number of para-hydroxylation sites is 5. The number of aromatic nitrogens is 4. The van der Waals surface area contributed by atoms with Crippen molar-refractivity contribution < 1.29 is 0 Å². The highest BCUT2D eigenvalue weighted by molar-refractivity contribution is 6.21. The van der Waals surface area contributed by atoms with Crippen LogP contribution in [0, 0.1) is 0 Å². The van der Waals surface area contributed by atoms with Crippen molar-refractivity contribution in [1.29, 1.82) is 0 Å². The quantitative estimate of drug-likeness (QED) is 0.185. The van der Waals surface area contributed by atoms with Gasteiger partial charge in [0.05, 0.1) is 38.8 Å². The predicted octanol–water partition coefficient (Wildman–Crippen LogP) is 11.0. The van der Waals surface area contributed by atoms with E-state index in [0.29, 0.717) is 0 Å². The van der Waals surface area contributed by atoms with Crippen LogP contribution in [0.1, 0.15) is 0 Å². The van der Waals surface area contributed by atoms with Crippen molar-refractivity contribution in [3.05, 3.63) is 158 Å². The smallest absolute Gasteiger partial charge is 0.220 e. The van der Waals surface area contributed by atoms with Crippen LogP contribution in [0.25, 0.3) is 93.2 Å². The minimum absolute atomic E-state index is 0.903. The first kappa shape index (κ1) is 24.9. The molecule has 0 spiro atoms. The highest BCUT2D eigenvalue weighted by Gasteiger charge is 2.21. The molecule has 0 radical (unpaired) electrons. The van der Waals surface area contributed by atoms with Gasteiger partial charge < -0.3 is 4.57 Å². The number of fused-ring (bicyclic) bond motifs is 15. The van der Waals surface area contributed by atoms with Crippen LogP contribution in [-0.2, 0) is 0 Å². The molecule has 4 heterocycles. The van der Waals surface area contributed by atoms with Crippen molar-refractivity contribution in [2.75, 3.05) is 0 Å². The fraction of sp³-hybridized carbons (Fsp3) is 0. The number of nitrogens with zero attached hydrogens (tertiary/aromatic N) is 4. The summed E-state index contributed by atoms with van der Waals surface area (Å²) in [5.74, 6) is 0.903. The first-order valence-corrected chi connectivity index (χ1v) is 16.1. The molecule has 0 saturated heterocycles. The van der Waals surface area contributed by atoms with Crippen molar-refractivity contribution in [2.24, 2.45) is 0 Å². The van der Waals surface area contributed by atoms with Crippen molar-refractivity contribution in [3.63, 3.8) is 0 Å². The predicted molar refractivity (Wildman–Crippen MR) is 197 cm³/mol. The molecular weight excluding hydrogens is 573 g/mol. The van der Waals surface area contributed by atoms with Gasteiger partial charge in [0.25, 0.3) is 0 Å². The van der Waals surface area contributed by atoms with Gasteiger partial charge in [-0.05, 0) is 57.9 Å². The molecule has 0 fully saturated rings. The van der Waals surface area contributed by atoms with Gasteiger partial charge in [0.1, 0.15) is 5.52 Å². The molecule has 0 N–H and O–H groups in total.